The van der Waals surface area contributed by atoms with E-state index in [0.29, 0.717) is 0 Å². The molecule has 1 aromatic rings. The Labute approximate surface area is 184 Å². The van der Waals surface area contributed by atoms with Crippen molar-refractivity contribution in [3.63, 3.8) is 0 Å². The summed E-state index contributed by atoms with van der Waals surface area (Å²) in [6.07, 6.45) is 5.77. The highest BCUT2D eigenvalue weighted by molar-refractivity contribution is 7.89. The molecule has 1 saturated carbocycles. The van der Waals surface area contributed by atoms with Gasteiger partial charge < -0.3 is 9.47 Å². The Bertz CT molecular complexity index is 917. The average Bonchev–Trinajstić information content (AvgIpc) is 3.16. The quantitative estimate of drug-likeness (QED) is 0.376. The van der Waals surface area contributed by atoms with Crippen LogP contribution in [0.1, 0.15) is 44.1 Å². The van der Waals surface area contributed by atoms with Crippen molar-refractivity contribution in [1.82, 2.24) is 4.31 Å². The zero-order chi connectivity index (χ0) is 22.8. The van der Waals surface area contributed by atoms with E-state index in [0.717, 1.165) is 37.7 Å². The number of ether oxygens (including phenoxy) is 2. The largest absolute Gasteiger partial charge is 0.468 e. The first-order chi connectivity index (χ1) is 14.7. The summed E-state index contributed by atoms with van der Waals surface area (Å²) in [5.74, 6) is -1.69. The van der Waals surface area contributed by atoms with Gasteiger partial charge in [0.1, 0.15) is 0 Å². The number of aryl methyl sites for hydroxylation is 1. The van der Waals surface area contributed by atoms with Crippen LogP contribution in [0.25, 0.3) is 0 Å². The third-order valence-corrected chi connectivity index (χ3v) is 8.62. The molecular weight excluding hydrogens is 418 g/mol. The van der Waals surface area contributed by atoms with E-state index >= 15 is 0 Å². The van der Waals surface area contributed by atoms with Gasteiger partial charge in [0.25, 0.3) is 0 Å². The fourth-order valence-electron chi connectivity index (χ4n) is 5.23. The molecule has 1 aromatic carbocycles. The molecule has 7 nitrogen and oxygen atoms in total. The maximum absolute atomic E-state index is 13.9. The number of hydrogen-bond acceptors (Lipinski definition) is 6. The van der Waals surface area contributed by atoms with Gasteiger partial charge in [0.15, 0.2) is 5.41 Å². The Morgan fingerprint density at radius 3 is 2.10 bits per heavy atom. The minimum Gasteiger partial charge on any atom is -0.468 e. The standard InChI is InChI=1S/C23H31NO6S/c1-5-18-15-23(21(25)29-3,22(26)30-4)20(17-9-7-6-8-10-17)24(18)31(27,28)19-13-11-16(2)12-14-19/h5,11-14,17-18,20H,1,6-10,15H2,2-4H3/t18-,20+/m0/s1. The maximum Gasteiger partial charge on any atom is 0.324 e. The number of methoxy groups -OCH3 is 2. The van der Waals surface area contributed by atoms with E-state index in [1.54, 1.807) is 24.3 Å². The second kappa shape index (κ2) is 9.12. The van der Waals surface area contributed by atoms with Crippen LogP contribution in [0.3, 0.4) is 0 Å². The molecule has 0 aromatic heterocycles. The first-order valence-corrected chi connectivity index (χ1v) is 12.1. The smallest absolute Gasteiger partial charge is 0.324 e. The van der Waals surface area contributed by atoms with Crippen molar-refractivity contribution in [1.29, 1.82) is 0 Å². The molecule has 31 heavy (non-hydrogen) atoms. The highest BCUT2D eigenvalue weighted by Gasteiger charge is 2.67. The number of carbonyl (C=O) groups excluding carboxylic acids is 2. The number of esters is 2. The Balaban J connectivity index is 2.23. The molecule has 2 aliphatic rings. The number of nitrogens with zero attached hydrogens (tertiary/aromatic N) is 1. The van der Waals surface area contributed by atoms with E-state index in [4.69, 9.17) is 9.47 Å². The Kier molecular flexibility index (Phi) is 6.91. The van der Waals surface area contributed by atoms with E-state index in [1.807, 2.05) is 6.92 Å². The van der Waals surface area contributed by atoms with Crippen molar-refractivity contribution in [3.8, 4) is 0 Å². The number of rotatable bonds is 6. The number of hydrogen-bond donors (Lipinski definition) is 0. The minimum atomic E-state index is -4.02. The molecular formula is C23H31NO6S. The fourth-order valence-corrected chi connectivity index (χ4v) is 7.12. The third kappa shape index (κ3) is 3.91. The molecule has 0 spiro atoms. The van der Waals surface area contributed by atoms with E-state index in [2.05, 4.69) is 6.58 Å². The molecule has 1 saturated heterocycles. The predicted molar refractivity (Wildman–Crippen MR) is 116 cm³/mol. The molecule has 0 radical (unpaired) electrons. The van der Waals surface area contributed by atoms with E-state index in [1.165, 1.54) is 24.6 Å². The van der Waals surface area contributed by atoms with Gasteiger partial charge in [-0.15, -0.1) is 6.58 Å². The van der Waals surface area contributed by atoms with Crippen LogP contribution in [0.5, 0.6) is 0 Å². The van der Waals surface area contributed by atoms with Crippen molar-refractivity contribution in [2.45, 2.75) is 62.4 Å². The summed E-state index contributed by atoms with van der Waals surface area (Å²) in [6.45, 7) is 5.70. The van der Waals surface area contributed by atoms with Gasteiger partial charge in [0.05, 0.1) is 25.2 Å². The Morgan fingerprint density at radius 1 is 1.06 bits per heavy atom. The number of benzene rings is 1. The van der Waals surface area contributed by atoms with Crippen LogP contribution in [0.2, 0.25) is 0 Å². The first-order valence-electron chi connectivity index (χ1n) is 10.6. The fraction of sp³-hybridized carbons (Fsp3) is 0.565. The molecule has 0 N–H and O–H groups in total. The van der Waals surface area contributed by atoms with Gasteiger partial charge in [-0.1, -0.05) is 43.0 Å². The topological polar surface area (TPSA) is 90.0 Å². The van der Waals surface area contributed by atoms with Crippen LogP contribution in [-0.2, 0) is 29.1 Å². The Hall–Kier alpha value is -2.19. The van der Waals surface area contributed by atoms with Crippen molar-refractivity contribution >= 4 is 22.0 Å². The van der Waals surface area contributed by atoms with Gasteiger partial charge in [-0.3, -0.25) is 9.59 Å². The normalized spacial score (nSPS) is 24.5. The summed E-state index contributed by atoms with van der Waals surface area (Å²) < 4.78 is 39.2. The lowest BCUT2D eigenvalue weighted by molar-refractivity contribution is -0.172. The lowest BCUT2D eigenvalue weighted by Gasteiger charge is -2.40. The van der Waals surface area contributed by atoms with Crippen LogP contribution in [0, 0.1) is 18.3 Å². The molecule has 8 heteroatoms. The summed E-state index contributed by atoms with van der Waals surface area (Å²) >= 11 is 0. The zero-order valence-corrected chi connectivity index (χ0v) is 19.2. The van der Waals surface area contributed by atoms with Gasteiger partial charge in [-0.25, -0.2) is 8.42 Å². The van der Waals surface area contributed by atoms with Crippen LogP contribution >= 0.6 is 0 Å². The number of carbonyl (C=O) groups is 2. The second-order valence-corrected chi connectivity index (χ2v) is 10.3. The predicted octanol–water partition coefficient (Wildman–Crippen LogP) is 3.23. The SMILES string of the molecule is C=C[C@H]1CC(C(=O)OC)(C(=O)OC)[C@@H](C2CCCCC2)N1S(=O)(=O)c1ccc(C)cc1. The average molecular weight is 450 g/mol. The Morgan fingerprint density at radius 2 is 1.61 bits per heavy atom. The molecule has 0 unspecified atom stereocenters. The number of sulfonamides is 1. The maximum atomic E-state index is 13.9. The molecule has 0 bridgehead atoms. The van der Waals surface area contributed by atoms with Crippen molar-refractivity contribution < 1.29 is 27.5 Å². The molecule has 0 amide bonds. The first kappa shape index (κ1) is 23.5. The van der Waals surface area contributed by atoms with Crippen molar-refractivity contribution in [3.05, 3.63) is 42.5 Å². The molecule has 170 valence electrons. The molecule has 1 aliphatic carbocycles. The van der Waals surface area contributed by atoms with E-state index in [-0.39, 0.29) is 17.2 Å². The third-order valence-electron chi connectivity index (χ3n) is 6.70. The van der Waals surface area contributed by atoms with Crippen LogP contribution in [0.4, 0.5) is 0 Å². The van der Waals surface area contributed by atoms with Crippen LogP contribution < -0.4 is 0 Å². The summed E-state index contributed by atoms with van der Waals surface area (Å²) in [5.41, 5.74) is -0.801. The van der Waals surface area contributed by atoms with E-state index in [9.17, 15) is 18.0 Å². The molecule has 2 fully saturated rings. The van der Waals surface area contributed by atoms with Gasteiger partial charge in [0.2, 0.25) is 10.0 Å². The molecule has 1 aliphatic heterocycles. The highest BCUT2D eigenvalue weighted by Crippen LogP contribution is 2.51. The summed E-state index contributed by atoms with van der Waals surface area (Å²) in [7, 11) is -1.60. The van der Waals surface area contributed by atoms with Gasteiger partial charge in [-0.2, -0.15) is 4.31 Å². The van der Waals surface area contributed by atoms with Gasteiger partial charge in [-0.05, 0) is 44.2 Å². The molecule has 1 heterocycles. The van der Waals surface area contributed by atoms with Crippen molar-refractivity contribution in [2.24, 2.45) is 11.3 Å². The zero-order valence-electron chi connectivity index (χ0n) is 18.4. The molecule has 3 rings (SSSR count). The minimum absolute atomic E-state index is 0.0535. The lowest BCUT2D eigenvalue weighted by Crippen LogP contribution is -2.56. The van der Waals surface area contributed by atoms with E-state index < -0.39 is 39.5 Å². The summed E-state index contributed by atoms with van der Waals surface area (Å²) in [5, 5.41) is 0. The summed E-state index contributed by atoms with van der Waals surface area (Å²) in [4.78, 5) is 26.4. The summed E-state index contributed by atoms with van der Waals surface area (Å²) in [6, 6.07) is 4.93. The lowest BCUT2D eigenvalue weighted by atomic mass is 9.70. The van der Waals surface area contributed by atoms with Crippen LogP contribution in [-0.4, -0.2) is 51.0 Å². The monoisotopic (exact) mass is 449 g/mol. The van der Waals surface area contributed by atoms with Crippen molar-refractivity contribution in [2.75, 3.05) is 14.2 Å². The van der Waals surface area contributed by atoms with Crippen LogP contribution in [0.15, 0.2) is 41.8 Å². The highest BCUT2D eigenvalue weighted by atomic mass is 32.2. The second-order valence-electron chi connectivity index (χ2n) is 8.45. The van der Waals surface area contributed by atoms with Gasteiger partial charge >= 0.3 is 11.9 Å². The molecule has 2 atom stereocenters. The van der Waals surface area contributed by atoms with Gasteiger partial charge in [0, 0.05) is 6.04 Å².